The summed E-state index contributed by atoms with van der Waals surface area (Å²) >= 11 is 2.93. The summed E-state index contributed by atoms with van der Waals surface area (Å²) in [5.74, 6) is -3.47. The first-order valence-electron chi connectivity index (χ1n) is 6.00. The average Bonchev–Trinajstić information content (AvgIpc) is 2.34. The van der Waals surface area contributed by atoms with Gasteiger partial charge in [0.05, 0.1) is 6.61 Å². The third kappa shape index (κ3) is 4.00. The molecule has 0 fully saturated rings. The van der Waals surface area contributed by atoms with Crippen LogP contribution in [-0.4, -0.2) is 36.5 Å². The molecule has 1 aromatic carbocycles. The molecule has 1 amide bonds. The van der Waals surface area contributed by atoms with Gasteiger partial charge in [-0.05, 0) is 26.0 Å². The second-order valence-electron chi connectivity index (χ2n) is 3.87. The Balaban J connectivity index is 3.00. The Morgan fingerprint density at radius 3 is 2.25 bits per heavy atom. The number of hydrogen-bond donors (Lipinski definition) is 0. The first-order chi connectivity index (χ1) is 9.40. The average molecular weight is 350 g/mol. The molecule has 0 aliphatic carbocycles. The van der Waals surface area contributed by atoms with Gasteiger partial charge in [-0.3, -0.25) is 9.59 Å². The zero-order chi connectivity index (χ0) is 15.3. The molecule has 110 valence electrons. The number of carbonyl (C=O) groups excluding carboxylic acids is 2. The number of carbonyl (C=O) groups is 2. The maximum absolute atomic E-state index is 13.7. The van der Waals surface area contributed by atoms with Crippen molar-refractivity contribution in [2.75, 3.05) is 19.7 Å². The van der Waals surface area contributed by atoms with Gasteiger partial charge in [0.25, 0.3) is 5.91 Å². The molecule has 0 aliphatic rings. The molecule has 0 atom stereocenters. The molecule has 0 unspecified atom stereocenters. The van der Waals surface area contributed by atoms with Gasteiger partial charge in [0, 0.05) is 11.0 Å². The maximum Gasteiger partial charge on any atom is 0.325 e. The number of ether oxygens (including phenoxy) is 1. The fourth-order valence-corrected chi connectivity index (χ4v) is 2.00. The van der Waals surface area contributed by atoms with E-state index in [1.54, 1.807) is 13.8 Å². The lowest BCUT2D eigenvalue weighted by Crippen LogP contribution is -2.37. The van der Waals surface area contributed by atoms with Crippen molar-refractivity contribution in [2.24, 2.45) is 0 Å². The third-order valence-corrected chi connectivity index (χ3v) is 2.97. The summed E-state index contributed by atoms with van der Waals surface area (Å²) in [5.41, 5.74) is -0.681. The van der Waals surface area contributed by atoms with Crippen LogP contribution in [0.2, 0.25) is 0 Å². The minimum absolute atomic E-state index is 0.132. The minimum Gasteiger partial charge on any atom is -0.465 e. The number of likely N-dealkylation sites (N-methyl/N-ethyl adjacent to an activating group) is 1. The monoisotopic (exact) mass is 349 g/mol. The van der Waals surface area contributed by atoms with Crippen LogP contribution in [0.25, 0.3) is 0 Å². The molecule has 1 aromatic rings. The zero-order valence-electron chi connectivity index (χ0n) is 11.1. The fourth-order valence-electron chi connectivity index (χ4n) is 1.59. The summed E-state index contributed by atoms with van der Waals surface area (Å²) in [6.45, 7) is 3.19. The predicted octanol–water partition coefficient (Wildman–Crippen LogP) is 2.75. The molecule has 20 heavy (non-hydrogen) atoms. The van der Waals surface area contributed by atoms with E-state index < -0.39 is 29.1 Å². The largest absolute Gasteiger partial charge is 0.465 e. The van der Waals surface area contributed by atoms with Crippen molar-refractivity contribution in [1.29, 1.82) is 0 Å². The Kier molecular flexibility index (Phi) is 6.06. The van der Waals surface area contributed by atoms with Crippen LogP contribution >= 0.6 is 15.9 Å². The van der Waals surface area contributed by atoms with Crippen LogP contribution in [0.4, 0.5) is 8.78 Å². The van der Waals surface area contributed by atoms with Crippen LogP contribution in [0.3, 0.4) is 0 Å². The first-order valence-corrected chi connectivity index (χ1v) is 6.79. The molecule has 7 heteroatoms. The van der Waals surface area contributed by atoms with Gasteiger partial charge in [-0.1, -0.05) is 15.9 Å². The SMILES string of the molecule is CCOC(=O)CN(CC)C(=O)c1c(F)cc(Br)cc1F. The predicted molar refractivity (Wildman–Crippen MR) is 72.3 cm³/mol. The van der Waals surface area contributed by atoms with Crippen LogP contribution in [0.15, 0.2) is 16.6 Å². The summed E-state index contributed by atoms with van der Waals surface area (Å²) in [5, 5.41) is 0. The maximum atomic E-state index is 13.7. The topological polar surface area (TPSA) is 46.6 Å². The number of amides is 1. The van der Waals surface area contributed by atoms with E-state index in [0.717, 1.165) is 17.0 Å². The molecule has 0 heterocycles. The highest BCUT2D eigenvalue weighted by atomic mass is 79.9. The van der Waals surface area contributed by atoms with Crippen molar-refractivity contribution in [3.63, 3.8) is 0 Å². The molecule has 0 spiro atoms. The molecule has 0 aromatic heterocycles. The lowest BCUT2D eigenvalue weighted by atomic mass is 10.1. The van der Waals surface area contributed by atoms with Crippen LogP contribution < -0.4 is 0 Å². The second kappa shape index (κ2) is 7.33. The first kappa shape index (κ1) is 16.6. The van der Waals surface area contributed by atoms with Crippen molar-refractivity contribution in [2.45, 2.75) is 13.8 Å². The quantitative estimate of drug-likeness (QED) is 0.768. The van der Waals surface area contributed by atoms with Crippen molar-refractivity contribution in [3.8, 4) is 0 Å². The lowest BCUT2D eigenvalue weighted by molar-refractivity contribution is -0.143. The van der Waals surface area contributed by atoms with Gasteiger partial charge in [-0.15, -0.1) is 0 Å². The Morgan fingerprint density at radius 1 is 1.25 bits per heavy atom. The Labute approximate surface area is 123 Å². The van der Waals surface area contributed by atoms with E-state index in [9.17, 15) is 18.4 Å². The summed E-state index contributed by atoms with van der Waals surface area (Å²) in [7, 11) is 0. The van der Waals surface area contributed by atoms with Crippen molar-refractivity contribution < 1.29 is 23.1 Å². The summed E-state index contributed by atoms with van der Waals surface area (Å²) in [6.07, 6.45) is 0. The second-order valence-corrected chi connectivity index (χ2v) is 4.78. The van der Waals surface area contributed by atoms with Gasteiger partial charge >= 0.3 is 5.97 Å². The molecule has 0 saturated heterocycles. The summed E-state index contributed by atoms with van der Waals surface area (Å²) in [4.78, 5) is 24.5. The molecule has 0 N–H and O–H groups in total. The molecule has 0 radical (unpaired) electrons. The van der Waals surface area contributed by atoms with Gasteiger partial charge in [0.2, 0.25) is 0 Å². The summed E-state index contributed by atoms with van der Waals surface area (Å²) < 4.78 is 32.3. The molecular formula is C13H14BrF2NO3. The molecular weight excluding hydrogens is 336 g/mol. The van der Waals surface area contributed by atoms with Crippen LogP contribution in [-0.2, 0) is 9.53 Å². The smallest absolute Gasteiger partial charge is 0.325 e. The van der Waals surface area contributed by atoms with E-state index in [0.29, 0.717) is 0 Å². The van der Waals surface area contributed by atoms with Gasteiger partial charge in [0.15, 0.2) is 0 Å². The van der Waals surface area contributed by atoms with Gasteiger partial charge in [0.1, 0.15) is 23.7 Å². The van der Waals surface area contributed by atoms with Crippen molar-refractivity contribution >= 4 is 27.8 Å². The van der Waals surface area contributed by atoms with E-state index in [-0.39, 0.29) is 24.2 Å². The molecule has 0 bridgehead atoms. The van der Waals surface area contributed by atoms with Crippen LogP contribution in [0, 0.1) is 11.6 Å². The van der Waals surface area contributed by atoms with E-state index in [2.05, 4.69) is 15.9 Å². The van der Waals surface area contributed by atoms with Crippen LogP contribution in [0.5, 0.6) is 0 Å². The Bertz CT molecular complexity index is 499. The normalized spacial score (nSPS) is 10.2. The number of halogens is 3. The van der Waals surface area contributed by atoms with Crippen molar-refractivity contribution in [3.05, 3.63) is 33.8 Å². The highest BCUT2D eigenvalue weighted by Gasteiger charge is 2.24. The van der Waals surface area contributed by atoms with E-state index in [1.165, 1.54) is 0 Å². The van der Waals surface area contributed by atoms with Crippen molar-refractivity contribution in [1.82, 2.24) is 4.90 Å². The molecule has 0 aliphatic heterocycles. The Hall–Kier alpha value is -1.50. The number of nitrogens with zero attached hydrogens (tertiary/aromatic N) is 1. The number of benzene rings is 1. The molecule has 0 saturated carbocycles. The highest BCUT2D eigenvalue weighted by Crippen LogP contribution is 2.20. The Morgan fingerprint density at radius 2 is 1.80 bits per heavy atom. The zero-order valence-corrected chi connectivity index (χ0v) is 12.7. The van der Waals surface area contributed by atoms with E-state index >= 15 is 0 Å². The van der Waals surface area contributed by atoms with Crippen LogP contribution in [0.1, 0.15) is 24.2 Å². The number of hydrogen-bond acceptors (Lipinski definition) is 3. The fraction of sp³-hybridized carbons (Fsp3) is 0.385. The number of esters is 1. The molecule has 4 nitrogen and oxygen atoms in total. The third-order valence-electron chi connectivity index (χ3n) is 2.51. The van der Waals surface area contributed by atoms with Gasteiger partial charge < -0.3 is 9.64 Å². The lowest BCUT2D eigenvalue weighted by Gasteiger charge is -2.20. The van der Waals surface area contributed by atoms with E-state index in [4.69, 9.17) is 4.74 Å². The van der Waals surface area contributed by atoms with Gasteiger partial charge in [-0.25, -0.2) is 8.78 Å². The highest BCUT2D eigenvalue weighted by molar-refractivity contribution is 9.10. The number of rotatable bonds is 5. The summed E-state index contributed by atoms with van der Waals surface area (Å²) in [6, 6.07) is 1.99. The van der Waals surface area contributed by atoms with E-state index in [1.807, 2.05) is 0 Å². The standard InChI is InChI=1S/C13H14BrF2NO3/c1-3-17(7-11(18)20-4-2)13(19)12-9(15)5-8(14)6-10(12)16/h5-6H,3-4,7H2,1-2H3. The molecule has 1 rings (SSSR count). The van der Waals surface area contributed by atoms with Gasteiger partial charge in [-0.2, -0.15) is 0 Å². The minimum atomic E-state index is -0.982.